The zero-order chi connectivity index (χ0) is 18.4. The Balaban J connectivity index is 0.00000196. The molecule has 0 aliphatic rings. The van der Waals surface area contributed by atoms with Gasteiger partial charge in [-0.05, 0) is 44.6 Å². The summed E-state index contributed by atoms with van der Waals surface area (Å²) in [5, 5.41) is 3.14. The fraction of sp³-hybridized carbons (Fsp3) is 0.421. The van der Waals surface area contributed by atoms with Crippen molar-refractivity contribution >= 4 is 47.6 Å². The predicted octanol–water partition coefficient (Wildman–Crippen LogP) is 3.83. The number of aromatic amines is 1. The van der Waals surface area contributed by atoms with Crippen LogP contribution >= 0.6 is 24.8 Å². The van der Waals surface area contributed by atoms with Gasteiger partial charge in [0.1, 0.15) is 0 Å². The van der Waals surface area contributed by atoms with Crippen molar-refractivity contribution in [2.45, 2.75) is 33.2 Å². The van der Waals surface area contributed by atoms with Gasteiger partial charge in [0.05, 0.1) is 6.33 Å². The maximum atomic E-state index is 12.3. The summed E-state index contributed by atoms with van der Waals surface area (Å²) in [6.45, 7) is 8.42. The molecule has 3 aromatic rings. The number of hydrogen-bond donors (Lipinski definition) is 2. The predicted molar refractivity (Wildman–Crippen MR) is 119 cm³/mol. The van der Waals surface area contributed by atoms with Gasteiger partial charge < -0.3 is 14.8 Å². The topological polar surface area (TPSA) is 78.8 Å². The highest BCUT2D eigenvalue weighted by Crippen LogP contribution is 2.14. The third-order valence-corrected chi connectivity index (χ3v) is 4.53. The van der Waals surface area contributed by atoms with Gasteiger partial charge in [-0.25, -0.2) is 4.98 Å². The standard InChI is InChI=1S/C19H26N6O.2ClH/c1-3-24(4-2)12-8-9-13-25-14-20-16-17(25)22-19(23-18(16)26)21-15-10-6-5-7-11-15;;/h5-7,10-11,14H,3-4,8-9,12-13H2,1-2H3,(H2,21,22,23,26);2*1H. The zero-order valence-corrected chi connectivity index (χ0v) is 17.9. The molecule has 0 aliphatic carbocycles. The van der Waals surface area contributed by atoms with Crippen LogP contribution < -0.4 is 10.9 Å². The van der Waals surface area contributed by atoms with Gasteiger partial charge in [0.15, 0.2) is 11.2 Å². The highest BCUT2D eigenvalue weighted by Gasteiger charge is 2.10. The minimum atomic E-state index is -0.227. The number of para-hydroxylation sites is 1. The number of halogens is 2. The number of anilines is 2. The molecule has 7 nitrogen and oxygen atoms in total. The summed E-state index contributed by atoms with van der Waals surface area (Å²) in [5.41, 5.74) is 1.65. The monoisotopic (exact) mass is 426 g/mol. The highest BCUT2D eigenvalue weighted by atomic mass is 35.5. The third kappa shape index (κ3) is 5.95. The molecule has 2 aromatic heterocycles. The van der Waals surface area contributed by atoms with Crippen LogP contribution in [0, 0.1) is 0 Å². The lowest BCUT2D eigenvalue weighted by molar-refractivity contribution is 0.294. The number of imidazole rings is 1. The molecule has 0 bridgehead atoms. The lowest BCUT2D eigenvalue weighted by atomic mass is 10.3. The minimum Gasteiger partial charge on any atom is -0.326 e. The molecule has 3 rings (SSSR count). The summed E-state index contributed by atoms with van der Waals surface area (Å²) in [4.78, 5) is 26.2. The second-order valence-corrected chi connectivity index (χ2v) is 6.25. The Kier molecular flexibility index (Phi) is 9.99. The quantitative estimate of drug-likeness (QED) is 0.508. The first-order chi connectivity index (χ1) is 12.7. The number of H-pyrrole nitrogens is 1. The smallest absolute Gasteiger partial charge is 0.280 e. The number of benzene rings is 1. The first-order valence-corrected chi connectivity index (χ1v) is 9.20. The van der Waals surface area contributed by atoms with E-state index in [-0.39, 0.29) is 30.4 Å². The van der Waals surface area contributed by atoms with Crippen LogP contribution in [0.3, 0.4) is 0 Å². The van der Waals surface area contributed by atoms with E-state index in [1.807, 2.05) is 34.9 Å². The van der Waals surface area contributed by atoms with Crippen LogP contribution in [-0.4, -0.2) is 44.1 Å². The van der Waals surface area contributed by atoms with Crippen LogP contribution in [0.4, 0.5) is 11.6 Å². The molecule has 0 saturated carbocycles. The van der Waals surface area contributed by atoms with Gasteiger partial charge in [-0.2, -0.15) is 4.98 Å². The van der Waals surface area contributed by atoms with E-state index in [1.54, 1.807) is 6.33 Å². The van der Waals surface area contributed by atoms with Gasteiger partial charge in [-0.3, -0.25) is 9.78 Å². The van der Waals surface area contributed by atoms with E-state index in [0.29, 0.717) is 17.1 Å². The first kappa shape index (κ1) is 23.9. The Hall–Kier alpha value is -2.09. The lowest BCUT2D eigenvalue weighted by Crippen LogP contribution is -2.24. The molecule has 0 fully saturated rings. The van der Waals surface area contributed by atoms with E-state index >= 15 is 0 Å². The average molecular weight is 427 g/mol. The summed E-state index contributed by atoms with van der Waals surface area (Å²) in [6, 6.07) is 9.65. The number of nitrogens with zero attached hydrogens (tertiary/aromatic N) is 4. The summed E-state index contributed by atoms with van der Waals surface area (Å²) < 4.78 is 1.96. The molecule has 0 amide bonds. The van der Waals surface area contributed by atoms with Gasteiger partial charge in [0.2, 0.25) is 5.95 Å². The average Bonchev–Trinajstić information content (AvgIpc) is 3.06. The number of rotatable bonds is 9. The van der Waals surface area contributed by atoms with E-state index in [2.05, 4.69) is 39.0 Å². The Morgan fingerprint density at radius 1 is 1.11 bits per heavy atom. The molecule has 28 heavy (non-hydrogen) atoms. The van der Waals surface area contributed by atoms with E-state index in [4.69, 9.17) is 0 Å². The van der Waals surface area contributed by atoms with Crippen LogP contribution in [0.5, 0.6) is 0 Å². The summed E-state index contributed by atoms with van der Waals surface area (Å²) in [7, 11) is 0. The van der Waals surface area contributed by atoms with E-state index < -0.39 is 0 Å². The van der Waals surface area contributed by atoms with Crippen molar-refractivity contribution in [1.82, 2.24) is 24.4 Å². The van der Waals surface area contributed by atoms with Crippen LogP contribution in [0.1, 0.15) is 26.7 Å². The molecule has 2 heterocycles. The Morgan fingerprint density at radius 3 is 2.50 bits per heavy atom. The molecule has 154 valence electrons. The van der Waals surface area contributed by atoms with Crippen molar-refractivity contribution in [2.24, 2.45) is 0 Å². The van der Waals surface area contributed by atoms with Crippen LogP contribution in [0.25, 0.3) is 11.2 Å². The van der Waals surface area contributed by atoms with Crippen molar-refractivity contribution in [1.29, 1.82) is 0 Å². The number of unbranched alkanes of at least 4 members (excludes halogenated alkanes) is 1. The molecule has 0 spiro atoms. The van der Waals surface area contributed by atoms with Crippen LogP contribution in [0.15, 0.2) is 41.5 Å². The molecule has 0 saturated heterocycles. The molecule has 0 aliphatic heterocycles. The lowest BCUT2D eigenvalue weighted by Gasteiger charge is -2.17. The largest absolute Gasteiger partial charge is 0.326 e. The SMILES string of the molecule is CCN(CC)CCCCn1cnc2c(=O)[nH]c(Nc3ccccc3)nc21.Cl.Cl. The van der Waals surface area contributed by atoms with Gasteiger partial charge in [0.25, 0.3) is 5.56 Å². The van der Waals surface area contributed by atoms with Crippen molar-refractivity contribution in [2.75, 3.05) is 25.0 Å². The maximum Gasteiger partial charge on any atom is 0.280 e. The van der Waals surface area contributed by atoms with Gasteiger partial charge >= 0.3 is 0 Å². The van der Waals surface area contributed by atoms with Crippen molar-refractivity contribution in [3.63, 3.8) is 0 Å². The molecule has 0 radical (unpaired) electrons. The molecule has 0 unspecified atom stereocenters. The molecule has 1 aromatic carbocycles. The number of aromatic nitrogens is 4. The molecule has 2 N–H and O–H groups in total. The number of nitrogens with one attached hydrogen (secondary N) is 2. The van der Waals surface area contributed by atoms with Crippen LogP contribution in [0.2, 0.25) is 0 Å². The normalized spacial score (nSPS) is 10.5. The zero-order valence-electron chi connectivity index (χ0n) is 16.2. The van der Waals surface area contributed by atoms with E-state index in [0.717, 1.165) is 44.7 Å². The second-order valence-electron chi connectivity index (χ2n) is 6.25. The van der Waals surface area contributed by atoms with Gasteiger partial charge in [-0.1, -0.05) is 32.0 Å². The van der Waals surface area contributed by atoms with Gasteiger partial charge in [-0.15, -0.1) is 24.8 Å². The Bertz CT molecular complexity index is 892. The number of hydrogen-bond acceptors (Lipinski definition) is 5. The summed E-state index contributed by atoms with van der Waals surface area (Å²) in [5.74, 6) is 0.429. The fourth-order valence-corrected chi connectivity index (χ4v) is 2.99. The highest BCUT2D eigenvalue weighted by molar-refractivity contribution is 5.85. The second kappa shape index (κ2) is 11.7. The van der Waals surface area contributed by atoms with Crippen molar-refractivity contribution < 1.29 is 0 Å². The minimum absolute atomic E-state index is 0. The summed E-state index contributed by atoms with van der Waals surface area (Å²) >= 11 is 0. The third-order valence-electron chi connectivity index (χ3n) is 4.53. The Morgan fingerprint density at radius 2 is 1.82 bits per heavy atom. The molecule has 0 atom stereocenters. The van der Waals surface area contributed by atoms with E-state index in [1.165, 1.54) is 0 Å². The fourth-order valence-electron chi connectivity index (χ4n) is 2.99. The number of aryl methyl sites for hydroxylation is 1. The maximum absolute atomic E-state index is 12.3. The van der Waals surface area contributed by atoms with Crippen molar-refractivity contribution in [3.05, 3.63) is 47.0 Å². The van der Waals surface area contributed by atoms with Crippen LogP contribution in [-0.2, 0) is 6.54 Å². The van der Waals surface area contributed by atoms with E-state index in [9.17, 15) is 4.79 Å². The Labute approximate surface area is 177 Å². The molecule has 9 heteroatoms. The van der Waals surface area contributed by atoms with Gasteiger partial charge in [0, 0.05) is 12.2 Å². The molecular weight excluding hydrogens is 399 g/mol. The molecular formula is C19H28Cl2N6O. The number of fused-ring (bicyclic) bond motifs is 1. The first-order valence-electron chi connectivity index (χ1n) is 9.20. The summed E-state index contributed by atoms with van der Waals surface area (Å²) in [6.07, 6.45) is 3.84. The van der Waals surface area contributed by atoms with Crippen molar-refractivity contribution in [3.8, 4) is 0 Å².